The monoisotopic (exact) mass is 520 g/mol. The van der Waals surface area contributed by atoms with E-state index in [-0.39, 0.29) is 17.5 Å². The van der Waals surface area contributed by atoms with Gasteiger partial charge < -0.3 is 4.74 Å². The second-order valence-electron chi connectivity index (χ2n) is 10.7. The minimum atomic E-state index is -0.124. The third kappa shape index (κ3) is 7.13. The van der Waals surface area contributed by atoms with E-state index in [9.17, 15) is 9.59 Å². The average Bonchev–Trinajstić information content (AvgIpc) is 2.93. The maximum atomic E-state index is 13.6. The van der Waals surface area contributed by atoms with Crippen LogP contribution in [0.4, 0.5) is 0 Å². The molecule has 0 radical (unpaired) electrons. The third-order valence-electron chi connectivity index (χ3n) is 8.08. The zero-order valence-corrected chi connectivity index (χ0v) is 23.0. The highest BCUT2D eigenvalue weighted by Crippen LogP contribution is 2.42. The van der Waals surface area contributed by atoms with E-state index in [1.165, 1.54) is 50.5 Å². The Morgan fingerprint density at radius 1 is 0.703 bits per heavy atom. The van der Waals surface area contributed by atoms with Crippen LogP contribution in [0, 0.1) is 5.92 Å². The number of unbranched alkanes of at least 4 members (excludes halogenated alkanes) is 8. The maximum absolute atomic E-state index is 13.6. The molecule has 0 aliphatic heterocycles. The quantitative estimate of drug-likeness (QED) is 0.247. The molecule has 2 aromatic carbocycles. The molecule has 0 amide bonds. The zero-order valence-electron chi connectivity index (χ0n) is 22.3. The smallest absolute Gasteiger partial charge is 0.228 e. The predicted molar refractivity (Wildman–Crippen MR) is 151 cm³/mol. The van der Waals surface area contributed by atoms with E-state index in [1.807, 2.05) is 24.3 Å². The van der Waals surface area contributed by atoms with Gasteiger partial charge in [-0.05, 0) is 61.6 Å². The van der Waals surface area contributed by atoms with Crippen LogP contribution in [0.1, 0.15) is 123 Å². The second kappa shape index (κ2) is 14.0. The summed E-state index contributed by atoms with van der Waals surface area (Å²) in [5, 5.41) is 0.751. The summed E-state index contributed by atoms with van der Waals surface area (Å²) in [5.74, 6) is 0.694. The Kier molecular flexibility index (Phi) is 10.4. The zero-order chi connectivity index (χ0) is 26.0. The molecule has 2 aromatic rings. The van der Waals surface area contributed by atoms with Crippen LogP contribution in [-0.2, 0) is 4.74 Å². The minimum absolute atomic E-state index is 0.0211. The molecule has 0 spiro atoms. The lowest BCUT2D eigenvalue weighted by molar-refractivity contribution is 0.0851. The molecule has 0 N–H and O–H groups in total. The highest BCUT2D eigenvalue weighted by atomic mass is 35.5. The largest absolute Gasteiger partial charge is 0.489 e. The molecule has 0 aromatic heterocycles. The van der Waals surface area contributed by atoms with Crippen molar-refractivity contribution < 1.29 is 14.3 Å². The molecule has 2 aliphatic rings. The Hall–Kier alpha value is -2.39. The number of hydrogen-bond acceptors (Lipinski definition) is 3. The van der Waals surface area contributed by atoms with Gasteiger partial charge in [0.1, 0.15) is 0 Å². The van der Waals surface area contributed by atoms with Crippen LogP contribution < -0.4 is 0 Å². The molecule has 4 rings (SSSR count). The van der Waals surface area contributed by atoms with Crippen LogP contribution in [-0.4, -0.2) is 18.2 Å². The van der Waals surface area contributed by atoms with Gasteiger partial charge in [0.05, 0.1) is 6.61 Å². The first-order valence-electron chi connectivity index (χ1n) is 14.4. The first kappa shape index (κ1) is 27.6. The summed E-state index contributed by atoms with van der Waals surface area (Å²) in [7, 11) is 0. The summed E-state index contributed by atoms with van der Waals surface area (Å²) < 4.78 is 6.17. The van der Waals surface area contributed by atoms with Gasteiger partial charge in [0.25, 0.3) is 0 Å². The molecule has 3 nitrogen and oxygen atoms in total. The number of hydrogen-bond donors (Lipinski definition) is 0. The van der Waals surface area contributed by atoms with E-state index >= 15 is 0 Å². The molecule has 0 heterocycles. The normalized spacial score (nSPS) is 19.7. The summed E-state index contributed by atoms with van der Waals surface area (Å²) in [4.78, 5) is 27.1. The molecule has 4 heteroatoms. The number of fused-ring (bicyclic) bond motifs is 1. The van der Waals surface area contributed by atoms with Crippen molar-refractivity contribution in [2.45, 2.75) is 96.3 Å². The van der Waals surface area contributed by atoms with E-state index in [1.54, 1.807) is 12.1 Å². The molecular weight excluding hydrogens is 480 g/mol. The molecule has 0 bridgehead atoms. The number of halogens is 1. The van der Waals surface area contributed by atoms with Gasteiger partial charge in [-0.3, -0.25) is 9.59 Å². The van der Waals surface area contributed by atoms with Gasteiger partial charge in [0.15, 0.2) is 11.5 Å². The Bertz CT molecular complexity index is 1080. The molecule has 0 saturated heterocycles. The summed E-state index contributed by atoms with van der Waals surface area (Å²) in [6.45, 7) is 2.74. The number of carbonyl (C=O) groups excluding carboxylic acids is 2. The highest BCUT2D eigenvalue weighted by Gasteiger charge is 2.38. The number of rotatable bonds is 13. The van der Waals surface area contributed by atoms with Gasteiger partial charge in [-0.15, -0.1) is 0 Å². The van der Waals surface area contributed by atoms with E-state index < -0.39 is 0 Å². The molecule has 1 fully saturated rings. The Labute approximate surface area is 227 Å². The standard InChI is InChI=1S/C33H41ClO3/c1-2-3-4-5-6-7-8-9-12-23-37-33-30(31(35)28-13-10-11-14-29(28)32(33)36)26-17-15-24(16-18-26)25-19-21-27(34)22-20-25/h10-11,13-14,19-22,24,26H,2-9,12,15-18,23H2,1H3. The SMILES string of the molecule is CCCCCCCCCCCOC1=C(C2CCC(c3ccc(Cl)cc3)CC2)C(=O)c2ccccc2C1=O. The van der Waals surface area contributed by atoms with Gasteiger partial charge >= 0.3 is 0 Å². The third-order valence-corrected chi connectivity index (χ3v) is 8.33. The van der Waals surface area contributed by atoms with Crippen molar-refractivity contribution >= 4 is 23.2 Å². The van der Waals surface area contributed by atoms with Crippen molar-refractivity contribution in [1.82, 2.24) is 0 Å². The van der Waals surface area contributed by atoms with Gasteiger partial charge in [-0.2, -0.15) is 0 Å². The summed E-state index contributed by atoms with van der Waals surface area (Å²) >= 11 is 6.07. The molecule has 198 valence electrons. The van der Waals surface area contributed by atoms with Crippen molar-refractivity contribution in [3.8, 4) is 0 Å². The molecular formula is C33H41ClO3. The number of allylic oxidation sites excluding steroid dienone is 2. The van der Waals surface area contributed by atoms with Crippen molar-refractivity contribution in [2.24, 2.45) is 5.92 Å². The van der Waals surface area contributed by atoms with Crippen molar-refractivity contribution in [2.75, 3.05) is 6.61 Å². The Morgan fingerprint density at radius 3 is 1.86 bits per heavy atom. The van der Waals surface area contributed by atoms with Gasteiger partial charge in [-0.25, -0.2) is 0 Å². The molecule has 37 heavy (non-hydrogen) atoms. The van der Waals surface area contributed by atoms with Crippen LogP contribution in [0.15, 0.2) is 59.9 Å². The molecule has 0 atom stereocenters. The maximum Gasteiger partial charge on any atom is 0.228 e. The highest BCUT2D eigenvalue weighted by molar-refractivity contribution is 6.30. The second-order valence-corrected chi connectivity index (χ2v) is 11.2. The van der Waals surface area contributed by atoms with Crippen molar-refractivity contribution in [1.29, 1.82) is 0 Å². The van der Waals surface area contributed by atoms with E-state index in [0.717, 1.165) is 43.5 Å². The Morgan fingerprint density at radius 2 is 1.24 bits per heavy atom. The number of ether oxygens (including phenoxy) is 1. The lowest BCUT2D eigenvalue weighted by Crippen LogP contribution is -2.29. The summed E-state index contributed by atoms with van der Waals surface area (Å²) in [6.07, 6.45) is 14.8. The van der Waals surface area contributed by atoms with Crippen LogP contribution >= 0.6 is 11.6 Å². The molecule has 1 saturated carbocycles. The fourth-order valence-electron chi connectivity index (χ4n) is 5.92. The van der Waals surface area contributed by atoms with E-state index in [4.69, 9.17) is 16.3 Å². The number of benzene rings is 2. The average molecular weight is 521 g/mol. The van der Waals surface area contributed by atoms with E-state index in [0.29, 0.717) is 35.0 Å². The fourth-order valence-corrected chi connectivity index (χ4v) is 6.05. The molecule has 2 aliphatic carbocycles. The lowest BCUT2D eigenvalue weighted by atomic mass is 9.72. The van der Waals surface area contributed by atoms with Crippen LogP contribution in [0.25, 0.3) is 0 Å². The summed E-state index contributed by atoms with van der Waals surface area (Å²) in [5.41, 5.74) is 2.93. The van der Waals surface area contributed by atoms with Crippen molar-refractivity contribution in [3.63, 3.8) is 0 Å². The van der Waals surface area contributed by atoms with Crippen LogP contribution in [0.3, 0.4) is 0 Å². The van der Waals surface area contributed by atoms with Gasteiger partial charge in [0.2, 0.25) is 5.78 Å². The number of carbonyl (C=O) groups is 2. The van der Waals surface area contributed by atoms with Crippen LogP contribution in [0.2, 0.25) is 5.02 Å². The van der Waals surface area contributed by atoms with Gasteiger partial charge in [0, 0.05) is 21.7 Å². The number of Topliss-reactive ketones (excluding diaryl/α,β-unsaturated/α-hetero) is 2. The predicted octanol–water partition coefficient (Wildman–Crippen LogP) is 9.49. The molecule has 0 unspecified atom stereocenters. The first-order chi connectivity index (χ1) is 18.1. The van der Waals surface area contributed by atoms with Gasteiger partial charge in [-0.1, -0.05) is 106 Å². The minimum Gasteiger partial charge on any atom is -0.489 e. The van der Waals surface area contributed by atoms with Crippen LogP contribution in [0.5, 0.6) is 0 Å². The summed E-state index contributed by atoms with van der Waals surface area (Å²) in [6, 6.07) is 15.3. The first-order valence-corrected chi connectivity index (χ1v) is 14.8. The van der Waals surface area contributed by atoms with Crippen molar-refractivity contribution in [3.05, 3.63) is 81.6 Å². The number of ketones is 2. The Balaban J connectivity index is 1.38. The topological polar surface area (TPSA) is 43.4 Å². The fraction of sp³-hybridized carbons (Fsp3) is 0.515. The van der Waals surface area contributed by atoms with E-state index in [2.05, 4.69) is 19.1 Å². The lowest BCUT2D eigenvalue weighted by Gasteiger charge is -2.32.